The summed E-state index contributed by atoms with van der Waals surface area (Å²) in [5.74, 6) is 1.23. The number of fused-ring (bicyclic) bond motifs is 1. The molecule has 0 aliphatic carbocycles. The van der Waals surface area contributed by atoms with Gasteiger partial charge in [0, 0.05) is 35.5 Å². The number of carbonyl (C=O) groups excluding carboxylic acids is 1. The lowest BCUT2D eigenvalue weighted by Gasteiger charge is -2.13. The first-order valence-electron chi connectivity index (χ1n) is 12.3. The van der Waals surface area contributed by atoms with Crippen molar-refractivity contribution in [3.63, 3.8) is 0 Å². The highest BCUT2D eigenvalue weighted by molar-refractivity contribution is 5.93. The lowest BCUT2D eigenvalue weighted by molar-refractivity contribution is -0.142. The average Bonchev–Trinajstić information content (AvgIpc) is 3.57. The Morgan fingerprint density at radius 3 is 2.76 bits per heavy atom. The predicted octanol–water partition coefficient (Wildman–Crippen LogP) is 5.49. The van der Waals surface area contributed by atoms with Crippen LogP contribution in [0.3, 0.4) is 0 Å². The average molecular weight is 496 g/mol. The Labute approximate surface area is 215 Å². The topological polar surface area (TPSA) is 92.5 Å². The summed E-state index contributed by atoms with van der Waals surface area (Å²) >= 11 is 0. The molecule has 2 N–H and O–H groups in total. The van der Waals surface area contributed by atoms with Gasteiger partial charge in [-0.05, 0) is 53.9 Å². The van der Waals surface area contributed by atoms with Crippen LogP contribution in [0, 0.1) is 0 Å². The lowest BCUT2D eigenvalue weighted by Crippen LogP contribution is -2.09. The number of para-hydroxylation sites is 1. The Balaban J connectivity index is 1.48. The fraction of sp³-hybridized carbons (Fsp3) is 0.200. The molecule has 2 heterocycles. The maximum absolute atomic E-state index is 12.1. The molecule has 0 atom stereocenters. The van der Waals surface area contributed by atoms with E-state index in [4.69, 9.17) is 19.6 Å². The molecule has 3 aromatic carbocycles. The number of carbonyl (C=O) groups is 1. The Bertz CT molecular complexity index is 1500. The van der Waals surface area contributed by atoms with Gasteiger partial charge in [-0.3, -0.25) is 4.79 Å². The fourth-order valence-corrected chi connectivity index (χ4v) is 4.39. The Hall–Kier alpha value is -4.36. The third kappa shape index (κ3) is 5.73. The van der Waals surface area contributed by atoms with Crippen LogP contribution in [0.2, 0.25) is 0 Å². The van der Waals surface area contributed by atoms with Gasteiger partial charge >= 0.3 is 5.97 Å². The molecule has 5 aromatic rings. The molecule has 188 valence electrons. The standard InChI is InChI=1S/C30H29N3O4/c1-2-35-29(34)16-24-7-3-4-9-28(24)36-19-22-13-25-15-26(18-33-11-10-32-20-33)37-30(25)27(14-22)23-8-5-6-21(12-23)17-31/h3-15,20H,2,16-19,31H2,1H3. The van der Waals surface area contributed by atoms with E-state index in [0.717, 1.165) is 44.5 Å². The number of nitrogens with two attached hydrogens (primary N) is 1. The molecule has 0 aliphatic heterocycles. The van der Waals surface area contributed by atoms with Crippen LogP contribution in [0.4, 0.5) is 0 Å². The van der Waals surface area contributed by atoms with Crippen LogP contribution < -0.4 is 10.5 Å². The summed E-state index contributed by atoms with van der Waals surface area (Å²) in [6, 6.07) is 22.0. The molecule has 7 nitrogen and oxygen atoms in total. The van der Waals surface area contributed by atoms with E-state index in [1.54, 1.807) is 19.4 Å². The molecule has 37 heavy (non-hydrogen) atoms. The molecule has 0 aliphatic rings. The maximum Gasteiger partial charge on any atom is 0.310 e. The number of esters is 1. The number of aromatic nitrogens is 2. The van der Waals surface area contributed by atoms with E-state index < -0.39 is 0 Å². The van der Waals surface area contributed by atoms with Gasteiger partial charge in [0.25, 0.3) is 0 Å². The number of furan rings is 1. The van der Waals surface area contributed by atoms with Crippen molar-refractivity contribution >= 4 is 16.9 Å². The van der Waals surface area contributed by atoms with Gasteiger partial charge in [-0.1, -0.05) is 36.4 Å². The highest BCUT2D eigenvalue weighted by Gasteiger charge is 2.15. The molecule has 7 heteroatoms. The summed E-state index contributed by atoms with van der Waals surface area (Å²) in [6.07, 6.45) is 5.60. The normalized spacial score (nSPS) is 11.1. The van der Waals surface area contributed by atoms with Crippen LogP contribution in [0.1, 0.15) is 29.4 Å². The number of nitrogens with zero attached hydrogens (tertiary/aromatic N) is 2. The quantitative estimate of drug-likeness (QED) is 0.258. The summed E-state index contributed by atoms with van der Waals surface area (Å²) in [5, 5.41) is 0.990. The molecular formula is C30H29N3O4. The van der Waals surface area contributed by atoms with Crippen LogP contribution in [0.5, 0.6) is 5.75 Å². The molecular weight excluding hydrogens is 466 g/mol. The summed E-state index contributed by atoms with van der Waals surface area (Å²) in [7, 11) is 0. The fourth-order valence-electron chi connectivity index (χ4n) is 4.39. The second-order valence-corrected chi connectivity index (χ2v) is 8.79. The number of rotatable bonds is 10. The third-order valence-corrected chi connectivity index (χ3v) is 6.11. The highest BCUT2D eigenvalue weighted by atomic mass is 16.5. The zero-order valence-electron chi connectivity index (χ0n) is 20.7. The molecule has 0 radical (unpaired) electrons. The van der Waals surface area contributed by atoms with E-state index in [1.165, 1.54) is 0 Å². The number of hydrogen-bond acceptors (Lipinski definition) is 6. The molecule has 0 unspecified atom stereocenters. The van der Waals surface area contributed by atoms with Crippen molar-refractivity contribution in [1.82, 2.24) is 9.55 Å². The number of imidazole rings is 1. The van der Waals surface area contributed by atoms with Crippen LogP contribution in [0.15, 0.2) is 89.9 Å². The van der Waals surface area contributed by atoms with Crippen molar-refractivity contribution in [2.24, 2.45) is 5.73 Å². The Morgan fingerprint density at radius 1 is 1.05 bits per heavy atom. The number of benzene rings is 3. The molecule has 0 saturated carbocycles. The highest BCUT2D eigenvalue weighted by Crippen LogP contribution is 2.34. The SMILES string of the molecule is CCOC(=O)Cc1ccccc1OCc1cc(-c2cccc(CN)c2)c2oc(Cn3ccnc3)cc2c1. The van der Waals surface area contributed by atoms with Crippen molar-refractivity contribution in [3.05, 3.63) is 108 Å². The van der Waals surface area contributed by atoms with Crippen molar-refractivity contribution in [2.75, 3.05) is 6.61 Å². The predicted molar refractivity (Wildman–Crippen MR) is 142 cm³/mol. The van der Waals surface area contributed by atoms with Gasteiger partial charge in [-0.25, -0.2) is 4.98 Å². The molecule has 0 spiro atoms. The monoisotopic (exact) mass is 495 g/mol. The van der Waals surface area contributed by atoms with Gasteiger partial charge in [0.1, 0.15) is 23.7 Å². The van der Waals surface area contributed by atoms with Crippen molar-refractivity contribution < 1.29 is 18.7 Å². The summed E-state index contributed by atoms with van der Waals surface area (Å²) in [4.78, 5) is 16.2. The Kier molecular flexibility index (Phi) is 7.33. The first-order valence-corrected chi connectivity index (χ1v) is 12.3. The van der Waals surface area contributed by atoms with E-state index in [0.29, 0.717) is 32.1 Å². The van der Waals surface area contributed by atoms with Crippen molar-refractivity contribution in [3.8, 4) is 16.9 Å². The van der Waals surface area contributed by atoms with E-state index >= 15 is 0 Å². The zero-order chi connectivity index (χ0) is 25.6. The Morgan fingerprint density at radius 2 is 1.95 bits per heavy atom. The number of ether oxygens (including phenoxy) is 2. The second-order valence-electron chi connectivity index (χ2n) is 8.79. The van der Waals surface area contributed by atoms with Crippen LogP contribution >= 0.6 is 0 Å². The van der Waals surface area contributed by atoms with E-state index in [2.05, 4.69) is 35.3 Å². The number of hydrogen-bond donors (Lipinski definition) is 1. The minimum atomic E-state index is -0.272. The summed E-state index contributed by atoms with van der Waals surface area (Å²) in [5.41, 5.74) is 11.6. The largest absolute Gasteiger partial charge is 0.489 e. The van der Waals surface area contributed by atoms with Gasteiger partial charge in [0.2, 0.25) is 0 Å². The molecule has 0 saturated heterocycles. The molecule has 0 fully saturated rings. The van der Waals surface area contributed by atoms with Crippen molar-refractivity contribution in [1.29, 1.82) is 0 Å². The molecule has 5 rings (SSSR count). The van der Waals surface area contributed by atoms with Crippen LogP contribution in [-0.4, -0.2) is 22.1 Å². The second kappa shape index (κ2) is 11.1. The van der Waals surface area contributed by atoms with E-state index in [1.807, 2.05) is 47.2 Å². The molecule has 0 bridgehead atoms. The maximum atomic E-state index is 12.1. The van der Waals surface area contributed by atoms with Crippen LogP contribution in [-0.2, 0) is 35.6 Å². The van der Waals surface area contributed by atoms with Crippen molar-refractivity contribution in [2.45, 2.75) is 33.0 Å². The smallest absolute Gasteiger partial charge is 0.310 e. The lowest BCUT2D eigenvalue weighted by atomic mass is 9.99. The molecule has 0 amide bonds. The first-order chi connectivity index (χ1) is 18.1. The van der Waals surface area contributed by atoms with Gasteiger partial charge < -0.3 is 24.2 Å². The van der Waals surface area contributed by atoms with Gasteiger partial charge in [0.15, 0.2) is 0 Å². The first kappa shape index (κ1) is 24.3. The summed E-state index contributed by atoms with van der Waals surface area (Å²) in [6.45, 7) is 3.53. The van der Waals surface area contributed by atoms with Crippen LogP contribution in [0.25, 0.3) is 22.1 Å². The minimum absolute atomic E-state index is 0.166. The van der Waals surface area contributed by atoms with Gasteiger partial charge in [0.05, 0.1) is 25.9 Å². The molecule has 2 aromatic heterocycles. The van der Waals surface area contributed by atoms with Gasteiger partial charge in [-0.2, -0.15) is 0 Å². The summed E-state index contributed by atoms with van der Waals surface area (Å²) < 4.78 is 19.6. The third-order valence-electron chi connectivity index (χ3n) is 6.11. The zero-order valence-corrected chi connectivity index (χ0v) is 20.7. The van der Waals surface area contributed by atoms with E-state index in [-0.39, 0.29) is 12.4 Å². The minimum Gasteiger partial charge on any atom is -0.489 e. The van der Waals surface area contributed by atoms with E-state index in [9.17, 15) is 4.79 Å². The van der Waals surface area contributed by atoms with Gasteiger partial charge in [-0.15, -0.1) is 0 Å².